The highest BCUT2D eigenvalue weighted by Gasteiger charge is 1.97. The lowest BCUT2D eigenvalue weighted by atomic mass is 10.1. The van der Waals surface area contributed by atoms with Crippen molar-refractivity contribution < 1.29 is 0 Å². The SMILES string of the molecule is Cc1ccccc1CCN=C(N)Nc1ccccc1.I. The van der Waals surface area contributed by atoms with Crippen molar-refractivity contribution in [1.82, 2.24) is 0 Å². The highest BCUT2D eigenvalue weighted by Crippen LogP contribution is 2.08. The van der Waals surface area contributed by atoms with Crippen LogP contribution in [0.3, 0.4) is 0 Å². The molecule has 0 aliphatic heterocycles. The lowest BCUT2D eigenvalue weighted by Crippen LogP contribution is -2.23. The Hall–Kier alpha value is -1.56. The number of nitrogens with one attached hydrogen (secondary N) is 1. The third-order valence-corrected chi connectivity index (χ3v) is 2.97. The molecule has 0 saturated carbocycles. The number of para-hydroxylation sites is 1. The third kappa shape index (κ3) is 5.21. The molecule has 106 valence electrons. The van der Waals surface area contributed by atoms with Crippen LogP contribution >= 0.6 is 24.0 Å². The van der Waals surface area contributed by atoms with Crippen LogP contribution in [-0.2, 0) is 6.42 Å². The molecule has 0 fully saturated rings. The summed E-state index contributed by atoms with van der Waals surface area (Å²) in [6.45, 7) is 2.81. The number of guanidine groups is 1. The molecule has 3 nitrogen and oxygen atoms in total. The summed E-state index contributed by atoms with van der Waals surface area (Å²) in [6.07, 6.45) is 0.907. The van der Waals surface area contributed by atoms with Crippen molar-refractivity contribution in [1.29, 1.82) is 0 Å². The Labute approximate surface area is 137 Å². The zero-order chi connectivity index (χ0) is 13.5. The van der Waals surface area contributed by atoms with Gasteiger partial charge in [-0.05, 0) is 36.6 Å². The van der Waals surface area contributed by atoms with Crippen molar-refractivity contribution in [2.75, 3.05) is 11.9 Å². The van der Waals surface area contributed by atoms with E-state index in [0.29, 0.717) is 12.5 Å². The molecule has 0 bridgehead atoms. The second-order valence-corrected chi connectivity index (χ2v) is 4.43. The van der Waals surface area contributed by atoms with Gasteiger partial charge in [-0.25, -0.2) is 0 Å². The van der Waals surface area contributed by atoms with E-state index < -0.39 is 0 Å². The van der Waals surface area contributed by atoms with E-state index in [0.717, 1.165) is 12.1 Å². The standard InChI is InChI=1S/C16H19N3.HI/c1-13-7-5-6-8-14(13)11-12-18-16(17)19-15-9-3-2-4-10-15;/h2-10H,11-12H2,1H3,(H3,17,18,19);1H. The van der Waals surface area contributed by atoms with Crippen molar-refractivity contribution in [3.63, 3.8) is 0 Å². The molecule has 0 saturated heterocycles. The summed E-state index contributed by atoms with van der Waals surface area (Å²) in [6, 6.07) is 18.2. The average Bonchev–Trinajstić information content (AvgIpc) is 2.42. The van der Waals surface area contributed by atoms with Crippen molar-refractivity contribution in [2.24, 2.45) is 10.7 Å². The minimum absolute atomic E-state index is 0. The Bertz CT molecular complexity index is 553. The molecular weight excluding hydrogens is 361 g/mol. The lowest BCUT2D eigenvalue weighted by Gasteiger charge is -2.06. The van der Waals surface area contributed by atoms with Crippen LogP contribution in [0.4, 0.5) is 5.69 Å². The molecule has 0 amide bonds. The number of anilines is 1. The maximum absolute atomic E-state index is 5.85. The van der Waals surface area contributed by atoms with Gasteiger partial charge in [0.25, 0.3) is 0 Å². The molecule has 0 atom stereocenters. The summed E-state index contributed by atoms with van der Waals surface area (Å²) >= 11 is 0. The Balaban J connectivity index is 0.00000200. The monoisotopic (exact) mass is 381 g/mol. The zero-order valence-corrected chi connectivity index (χ0v) is 13.9. The molecule has 3 N–H and O–H groups in total. The van der Waals surface area contributed by atoms with Gasteiger partial charge in [-0.15, -0.1) is 24.0 Å². The summed E-state index contributed by atoms with van der Waals surface area (Å²) in [5.74, 6) is 0.458. The van der Waals surface area contributed by atoms with Crippen molar-refractivity contribution in [3.8, 4) is 0 Å². The van der Waals surface area contributed by atoms with E-state index in [2.05, 4.69) is 35.4 Å². The number of nitrogens with two attached hydrogens (primary N) is 1. The van der Waals surface area contributed by atoms with E-state index >= 15 is 0 Å². The third-order valence-electron chi connectivity index (χ3n) is 2.97. The van der Waals surface area contributed by atoms with Gasteiger partial charge in [0, 0.05) is 12.2 Å². The molecule has 0 unspecified atom stereocenters. The molecule has 0 radical (unpaired) electrons. The van der Waals surface area contributed by atoms with E-state index in [-0.39, 0.29) is 24.0 Å². The molecule has 0 spiro atoms. The van der Waals surface area contributed by atoms with Gasteiger partial charge in [0.05, 0.1) is 0 Å². The minimum Gasteiger partial charge on any atom is -0.370 e. The summed E-state index contributed by atoms with van der Waals surface area (Å²) in [5.41, 5.74) is 9.42. The number of rotatable bonds is 4. The van der Waals surface area contributed by atoms with E-state index in [1.54, 1.807) is 0 Å². The van der Waals surface area contributed by atoms with Gasteiger partial charge >= 0.3 is 0 Å². The predicted molar refractivity (Wildman–Crippen MR) is 96.9 cm³/mol. The van der Waals surface area contributed by atoms with Crippen LogP contribution < -0.4 is 11.1 Å². The summed E-state index contributed by atoms with van der Waals surface area (Å²) in [7, 11) is 0. The molecule has 2 rings (SSSR count). The van der Waals surface area contributed by atoms with Crippen molar-refractivity contribution >= 4 is 35.6 Å². The Morgan fingerprint density at radius 2 is 1.70 bits per heavy atom. The van der Waals surface area contributed by atoms with E-state index in [4.69, 9.17) is 5.73 Å². The number of halogens is 1. The maximum Gasteiger partial charge on any atom is 0.193 e. The zero-order valence-electron chi connectivity index (χ0n) is 11.5. The Kier molecular flexibility index (Phi) is 7.08. The first-order valence-electron chi connectivity index (χ1n) is 6.42. The van der Waals surface area contributed by atoms with Gasteiger partial charge < -0.3 is 11.1 Å². The van der Waals surface area contributed by atoms with Gasteiger partial charge in [0.15, 0.2) is 5.96 Å². The van der Waals surface area contributed by atoms with Gasteiger partial charge in [0.2, 0.25) is 0 Å². The number of nitrogens with zero attached hydrogens (tertiary/aromatic N) is 1. The van der Waals surface area contributed by atoms with E-state index in [1.807, 2.05) is 36.4 Å². The molecule has 2 aromatic rings. The Morgan fingerprint density at radius 3 is 2.40 bits per heavy atom. The number of aliphatic imine (C=N–C) groups is 1. The number of hydrogen-bond donors (Lipinski definition) is 2. The summed E-state index contributed by atoms with van der Waals surface area (Å²) < 4.78 is 0. The fourth-order valence-corrected chi connectivity index (χ4v) is 1.90. The van der Waals surface area contributed by atoms with E-state index in [9.17, 15) is 0 Å². The van der Waals surface area contributed by atoms with Crippen LogP contribution in [0.15, 0.2) is 59.6 Å². The average molecular weight is 381 g/mol. The smallest absolute Gasteiger partial charge is 0.193 e. The number of benzene rings is 2. The van der Waals surface area contributed by atoms with Gasteiger partial charge in [0.1, 0.15) is 0 Å². The predicted octanol–water partition coefficient (Wildman–Crippen LogP) is 3.58. The quantitative estimate of drug-likeness (QED) is 0.483. The van der Waals surface area contributed by atoms with E-state index in [1.165, 1.54) is 11.1 Å². The van der Waals surface area contributed by atoms with Crippen LogP contribution in [0, 0.1) is 6.92 Å². The second-order valence-electron chi connectivity index (χ2n) is 4.43. The van der Waals surface area contributed by atoms with Crippen LogP contribution in [0.1, 0.15) is 11.1 Å². The van der Waals surface area contributed by atoms with Crippen molar-refractivity contribution in [3.05, 3.63) is 65.7 Å². The number of aryl methyl sites for hydroxylation is 1. The van der Waals surface area contributed by atoms with Gasteiger partial charge in [-0.1, -0.05) is 42.5 Å². The van der Waals surface area contributed by atoms with Gasteiger partial charge in [-0.3, -0.25) is 4.99 Å². The highest BCUT2D eigenvalue weighted by atomic mass is 127. The molecule has 4 heteroatoms. The highest BCUT2D eigenvalue weighted by molar-refractivity contribution is 14.0. The number of hydrogen-bond acceptors (Lipinski definition) is 1. The Morgan fingerprint density at radius 1 is 1.05 bits per heavy atom. The van der Waals surface area contributed by atoms with Crippen LogP contribution in [0.2, 0.25) is 0 Å². The molecule has 2 aromatic carbocycles. The summed E-state index contributed by atoms with van der Waals surface area (Å²) in [4.78, 5) is 4.34. The second kappa shape index (κ2) is 8.58. The molecule has 0 aliphatic rings. The first-order valence-corrected chi connectivity index (χ1v) is 6.42. The first kappa shape index (κ1) is 16.5. The van der Waals surface area contributed by atoms with Crippen molar-refractivity contribution in [2.45, 2.75) is 13.3 Å². The van der Waals surface area contributed by atoms with Crippen LogP contribution in [0.25, 0.3) is 0 Å². The molecular formula is C16H20IN3. The lowest BCUT2D eigenvalue weighted by molar-refractivity contribution is 0.954. The molecule has 0 heterocycles. The normalized spacial score (nSPS) is 10.8. The van der Waals surface area contributed by atoms with Crippen LogP contribution in [0.5, 0.6) is 0 Å². The van der Waals surface area contributed by atoms with Gasteiger partial charge in [-0.2, -0.15) is 0 Å². The molecule has 0 aromatic heterocycles. The molecule has 0 aliphatic carbocycles. The maximum atomic E-state index is 5.85. The van der Waals surface area contributed by atoms with Crippen LogP contribution in [-0.4, -0.2) is 12.5 Å². The first-order chi connectivity index (χ1) is 9.25. The largest absolute Gasteiger partial charge is 0.370 e. The fourth-order valence-electron chi connectivity index (χ4n) is 1.90. The fraction of sp³-hybridized carbons (Fsp3) is 0.188. The topological polar surface area (TPSA) is 50.4 Å². The minimum atomic E-state index is 0. The molecule has 20 heavy (non-hydrogen) atoms. The summed E-state index contributed by atoms with van der Waals surface area (Å²) in [5, 5.41) is 3.07.